The van der Waals surface area contributed by atoms with E-state index in [4.69, 9.17) is 0 Å². The Labute approximate surface area is 72.1 Å². The lowest BCUT2D eigenvalue weighted by atomic mass is 10.0. The minimum Gasteiger partial charge on any atom is -0.347 e. The molecule has 1 saturated heterocycles. The Kier molecular flexibility index (Phi) is 2.07. The fourth-order valence-electron chi connectivity index (χ4n) is 1.90. The Bertz CT molecular complexity index is 179. The lowest BCUT2D eigenvalue weighted by molar-refractivity contribution is 0.272. The summed E-state index contributed by atoms with van der Waals surface area (Å²) in [5.74, 6) is 0. The van der Waals surface area contributed by atoms with Crippen molar-refractivity contribution >= 4 is 16.9 Å². The van der Waals surface area contributed by atoms with Gasteiger partial charge in [0.2, 0.25) is 0 Å². The minimum atomic E-state index is 0.756. The average molecular weight is 170 g/mol. The van der Waals surface area contributed by atoms with Gasteiger partial charge in [0, 0.05) is 6.54 Å². The molecule has 2 heterocycles. The summed E-state index contributed by atoms with van der Waals surface area (Å²) in [6.07, 6.45) is 6.23. The second-order valence-corrected chi connectivity index (χ2v) is 3.94. The molecule has 3 heteroatoms. The Hall–Kier alpha value is -0.180. The molecule has 2 rings (SSSR count). The highest BCUT2D eigenvalue weighted by Gasteiger charge is 2.28. The van der Waals surface area contributed by atoms with Gasteiger partial charge < -0.3 is 4.90 Å². The number of piperidine rings is 1. The number of fused-ring (bicyclic) bond motifs is 1. The van der Waals surface area contributed by atoms with Crippen molar-refractivity contribution in [3.05, 3.63) is 0 Å². The van der Waals surface area contributed by atoms with E-state index in [-0.39, 0.29) is 0 Å². The van der Waals surface area contributed by atoms with E-state index >= 15 is 0 Å². The number of amidine groups is 1. The predicted octanol–water partition coefficient (Wildman–Crippen LogP) is 1.57. The lowest BCUT2D eigenvalue weighted by Gasteiger charge is -2.31. The normalized spacial score (nSPS) is 30.1. The van der Waals surface area contributed by atoms with Crippen LogP contribution in [-0.2, 0) is 0 Å². The zero-order chi connectivity index (χ0) is 7.68. The van der Waals surface area contributed by atoms with Crippen molar-refractivity contribution in [1.29, 1.82) is 0 Å². The van der Waals surface area contributed by atoms with E-state index in [1.165, 1.54) is 31.0 Å². The number of hydrogen-bond acceptors (Lipinski definition) is 3. The van der Waals surface area contributed by atoms with Gasteiger partial charge in [-0.15, -0.1) is 0 Å². The highest BCUT2D eigenvalue weighted by Crippen LogP contribution is 2.25. The van der Waals surface area contributed by atoms with Crippen molar-refractivity contribution in [3.63, 3.8) is 0 Å². The summed E-state index contributed by atoms with van der Waals surface area (Å²) in [6.45, 7) is 2.29. The fraction of sp³-hybridized carbons (Fsp3) is 0.875. The van der Waals surface area contributed by atoms with E-state index in [0.717, 1.165) is 12.6 Å². The van der Waals surface area contributed by atoms with Crippen molar-refractivity contribution in [2.24, 2.45) is 4.99 Å². The summed E-state index contributed by atoms with van der Waals surface area (Å²) in [6, 6.07) is 0.756. The number of nitrogens with zero attached hydrogens (tertiary/aromatic N) is 2. The molecule has 1 unspecified atom stereocenters. The van der Waals surface area contributed by atoms with Crippen LogP contribution in [0.5, 0.6) is 0 Å². The monoisotopic (exact) mass is 170 g/mol. The van der Waals surface area contributed by atoms with Crippen LogP contribution in [0.25, 0.3) is 0 Å². The van der Waals surface area contributed by atoms with Crippen LogP contribution in [0.2, 0.25) is 0 Å². The first kappa shape index (κ1) is 7.47. The van der Waals surface area contributed by atoms with Gasteiger partial charge in [0.15, 0.2) is 5.17 Å². The molecule has 2 nitrogen and oxygen atoms in total. The zero-order valence-electron chi connectivity index (χ0n) is 6.92. The van der Waals surface area contributed by atoms with E-state index < -0.39 is 0 Å². The SMILES string of the molecule is CSC1=NCC2CCCCN12. The second-order valence-electron chi connectivity index (χ2n) is 3.17. The molecule has 0 aromatic heterocycles. The summed E-state index contributed by atoms with van der Waals surface area (Å²) in [4.78, 5) is 6.98. The van der Waals surface area contributed by atoms with Gasteiger partial charge in [-0.3, -0.25) is 4.99 Å². The molecule has 1 atom stereocenters. The molecular weight excluding hydrogens is 156 g/mol. The van der Waals surface area contributed by atoms with Crippen LogP contribution in [0.4, 0.5) is 0 Å². The topological polar surface area (TPSA) is 15.6 Å². The summed E-state index contributed by atoms with van der Waals surface area (Å²) in [5.41, 5.74) is 0. The highest BCUT2D eigenvalue weighted by atomic mass is 32.2. The van der Waals surface area contributed by atoms with E-state index in [0.29, 0.717) is 0 Å². The first-order chi connectivity index (χ1) is 5.42. The van der Waals surface area contributed by atoms with Gasteiger partial charge in [-0.2, -0.15) is 0 Å². The van der Waals surface area contributed by atoms with Crippen LogP contribution in [0, 0.1) is 0 Å². The maximum Gasteiger partial charge on any atom is 0.159 e. The van der Waals surface area contributed by atoms with Crippen LogP contribution >= 0.6 is 11.8 Å². The molecule has 0 saturated carbocycles. The van der Waals surface area contributed by atoms with Gasteiger partial charge in [0.1, 0.15) is 0 Å². The van der Waals surface area contributed by atoms with Crippen LogP contribution in [0.3, 0.4) is 0 Å². The van der Waals surface area contributed by atoms with Gasteiger partial charge in [0.05, 0.1) is 12.6 Å². The third-order valence-corrected chi connectivity index (χ3v) is 3.22. The molecule has 2 aliphatic heterocycles. The third-order valence-electron chi connectivity index (χ3n) is 2.49. The van der Waals surface area contributed by atoms with Gasteiger partial charge >= 0.3 is 0 Å². The highest BCUT2D eigenvalue weighted by molar-refractivity contribution is 8.13. The van der Waals surface area contributed by atoms with Crippen LogP contribution < -0.4 is 0 Å². The predicted molar refractivity (Wildman–Crippen MR) is 50.2 cm³/mol. The van der Waals surface area contributed by atoms with E-state index in [9.17, 15) is 0 Å². The number of hydrogen-bond donors (Lipinski definition) is 0. The molecule has 1 fully saturated rings. The number of rotatable bonds is 0. The standard InChI is InChI=1S/C8H14N2S/c1-11-8-9-6-7-4-2-3-5-10(7)8/h7H,2-6H2,1H3. The molecule has 0 amide bonds. The molecule has 0 bridgehead atoms. The van der Waals surface area contributed by atoms with Crippen LogP contribution in [-0.4, -0.2) is 35.5 Å². The quantitative estimate of drug-likeness (QED) is 0.548. The molecule has 0 spiro atoms. The van der Waals surface area contributed by atoms with Crippen molar-refractivity contribution < 1.29 is 0 Å². The molecule has 11 heavy (non-hydrogen) atoms. The van der Waals surface area contributed by atoms with E-state index in [2.05, 4.69) is 16.1 Å². The summed E-state index contributed by atoms with van der Waals surface area (Å²) in [7, 11) is 0. The van der Waals surface area contributed by atoms with Crippen molar-refractivity contribution in [2.75, 3.05) is 19.3 Å². The van der Waals surface area contributed by atoms with E-state index in [1.54, 1.807) is 11.8 Å². The smallest absolute Gasteiger partial charge is 0.159 e. The van der Waals surface area contributed by atoms with Gasteiger partial charge in [-0.25, -0.2) is 0 Å². The summed E-state index contributed by atoms with van der Waals surface area (Å²) in [5, 5.41) is 1.27. The minimum absolute atomic E-state index is 0.756. The fourth-order valence-corrected chi connectivity index (χ4v) is 2.58. The maximum atomic E-state index is 4.50. The molecule has 0 N–H and O–H groups in total. The third kappa shape index (κ3) is 1.26. The van der Waals surface area contributed by atoms with Crippen molar-refractivity contribution in [2.45, 2.75) is 25.3 Å². The Morgan fingerprint density at radius 2 is 2.45 bits per heavy atom. The molecule has 2 aliphatic rings. The molecule has 0 radical (unpaired) electrons. The molecule has 0 aromatic rings. The number of aliphatic imine (C=N–C) groups is 1. The largest absolute Gasteiger partial charge is 0.347 e. The Morgan fingerprint density at radius 1 is 1.55 bits per heavy atom. The van der Waals surface area contributed by atoms with Crippen molar-refractivity contribution in [3.8, 4) is 0 Å². The molecule has 0 aromatic carbocycles. The van der Waals surface area contributed by atoms with Gasteiger partial charge in [-0.1, -0.05) is 11.8 Å². The molecule has 62 valence electrons. The second kappa shape index (κ2) is 3.05. The average Bonchev–Trinajstić information content (AvgIpc) is 2.47. The summed E-state index contributed by atoms with van der Waals surface area (Å²) >= 11 is 1.79. The van der Waals surface area contributed by atoms with Crippen LogP contribution in [0.1, 0.15) is 19.3 Å². The van der Waals surface area contributed by atoms with E-state index in [1.807, 2.05) is 0 Å². The van der Waals surface area contributed by atoms with Gasteiger partial charge in [0.25, 0.3) is 0 Å². The summed E-state index contributed by atoms with van der Waals surface area (Å²) < 4.78 is 0. The molecular formula is C8H14N2S. The molecule has 0 aliphatic carbocycles. The lowest BCUT2D eigenvalue weighted by Crippen LogP contribution is -2.39. The zero-order valence-corrected chi connectivity index (χ0v) is 7.73. The first-order valence-electron chi connectivity index (χ1n) is 4.27. The number of thioether (sulfide) groups is 1. The van der Waals surface area contributed by atoms with Crippen LogP contribution in [0.15, 0.2) is 4.99 Å². The first-order valence-corrected chi connectivity index (χ1v) is 5.49. The Morgan fingerprint density at radius 3 is 3.27 bits per heavy atom. The van der Waals surface area contributed by atoms with Gasteiger partial charge in [-0.05, 0) is 25.5 Å². The Balaban J connectivity index is 2.05. The maximum absolute atomic E-state index is 4.50. The van der Waals surface area contributed by atoms with Crippen molar-refractivity contribution in [1.82, 2.24) is 4.90 Å².